The molecular weight excluding hydrogens is 413 g/mol. The Bertz CT molecular complexity index is 1200. The average Bonchev–Trinajstić information content (AvgIpc) is 3.16. The Kier molecular flexibility index (Phi) is 5.01. The number of fused-ring (bicyclic) bond motifs is 5. The summed E-state index contributed by atoms with van der Waals surface area (Å²) >= 11 is 0. The highest BCUT2D eigenvalue weighted by molar-refractivity contribution is 5.79. The Morgan fingerprint density at radius 2 is 1.52 bits per heavy atom. The molecule has 0 N–H and O–H groups in total. The summed E-state index contributed by atoms with van der Waals surface area (Å²) in [6, 6.07) is 23.7. The highest BCUT2D eigenvalue weighted by Crippen LogP contribution is 2.45. The molecule has 3 aromatic rings. The van der Waals surface area contributed by atoms with Gasteiger partial charge in [0, 0.05) is 17.5 Å². The molecule has 2 bridgehead atoms. The van der Waals surface area contributed by atoms with Gasteiger partial charge in [-0.15, -0.1) is 0 Å². The molecule has 3 nitrogen and oxygen atoms in total. The van der Waals surface area contributed by atoms with E-state index in [0.717, 1.165) is 24.8 Å². The monoisotopic (exact) mass is 439 g/mol. The number of carbonyl (C=O) groups is 1. The molecule has 0 saturated carbocycles. The van der Waals surface area contributed by atoms with Gasteiger partial charge in [-0.2, -0.15) is 0 Å². The summed E-state index contributed by atoms with van der Waals surface area (Å²) in [4.78, 5) is 15.2. The number of hydrogen-bond acceptors (Lipinski definition) is 2. The van der Waals surface area contributed by atoms with Crippen LogP contribution < -0.4 is 0 Å². The molecule has 1 amide bonds. The number of benzene rings is 3. The molecule has 2 aliphatic heterocycles. The van der Waals surface area contributed by atoms with E-state index in [1.165, 1.54) is 28.3 Å². The van der Waals surface area contributed by atoms with Crippen LogP contribution in [-0.2, 0) is 4.74 Å². The van der Waals surface area contributed by atoms with Crippen molar-refractivity contribution in [3.63, 3.8) is 0 Å². The topological polar surface area (TPSA) is 29.5 Å². The second-order valence-corrected chi connectivity index (χ2v) is 9.24. The van der Waals surface area contributed by atoms with Gasteiger partial charge in [0.1, 0.15) is 12.4 Å². The summed E-state index contributed by atoms with van der Waals surface area (Å²) in [6.07, 6.45) is 5.38. The third kappa shape index (κ3) is 3.45. The van der Waals surface area contributed by atoms with E-state index in [1.54, 1.807) is 6.07 Å². The molecule has 1 saturated heterocycles. The van der Waals surface area contributed by atoms with Crippen molar-refractivity contribution < 1.29 is 13.9 Å². The van der Waals surface area contributed by atoms with Gasteiger partial charge in [-0.25, -0.2) is 9.18 Å². The number of nitrogens with zero attached hydrogens (tertiary/aromatic N) is 1. The molecule has 0 spiro atoms. The maximum Gasteiger partial charge on any atom is 0.410 e. The SMILES string of the molecule is O=C(OCC1c2ccccc2-c2ccccc21)N1C2C=C(c3ccccc3F)CC1CCC2. The van der Waals surface area contributed by atoms with Crippen LogP contribution in [0.2, 0.25) is 0 Å². The van der Waals surface area contributed by atoms with E-state index in [-0.39, 0.29) is 29.9 Å². The lowest BCUT2D eigenvalue weighted by Gasteiger charge is -2.44. The predicted molar refractivity (Wildman–Crippen MR) is 127 cm³/mol. The summed E-state index contributed by atoms with van der Waals surface area (Å²) in [7, 11) is 0. The second-order valence-electron chi connectivity index (χ2n) is 9.24. The highest BCUT2D eigenvalue weighted by atomic mass is 19.1. The lowest BCUT2D eigenvalue weighted by atomic mass is 9.83. The normalized spacial score (nSPS) is 21.2. The van der Waals surface area contributed by atoms with Crippen LogP contribution in [0.5, 0.6) is 0 Å². The molecule has 4 heteroatoms. The van der Waals surface area contributed by atoms with Crippen LogP contribution in [0.25, 0.3) is 16.7 Å². The fraction of sp³-hybridized carbons (Fsp3) is 0.276. The minimum absolute atomic E-state index is 0.0391. The Morgan fingerprint density at radius 1 is 0.879 bits per heavy atom. The molecule has 1 fully saturated rings. The van der Waals surface area contributed by atoms with Crippen LogP contribution in [0.15, 0.2) is 78.9 Å². The number of hydrogen-bond donors (Lipinski definition) is 0. The Labute approximate surface area is 193 Å². The van der Waals surface area contributed by atoms with Gasteiger partial charge in [0.15, 0.2) is 0 Å². The van der Waals surface area contributed by atoms with Gasteiger partial charge in [-0.3, -0.25) is 4.90 Å². The van der Waals surface area contributed by atoms with Crippen molar-refractivity contribution in [3.05, 3.63) is 101 Å². The lowest BCUT2D eigenvalue weighted by Crippen LogP contribution is -2.52. The molecule has 1 aliphatic carbocycles. The van der Waals surface area contributed by atoms with Crippen LogP contribution >= 0.6 is 0 Å². The third-order valence-corrected chi connectivity index (χ3v) is 7.40. The second kappa shape index (κ2) is 8.18. The van der Waals surface area contributed by atoms with E-state index in [2.05, 4.69) is 42.5 Å². The maximum atomic E-state index is 14.4. The average molecular weight is 440 g/mol. The molecule has 166 valence electrons. The van der Waals surface area contributed by atoms with Crippen molar-refractivity contribution in [2.24, 2.45) is 0 Å². The van der Waals surface area contributed by atoms with Gasteiger partial charge in [0.05, 0.1) is 6.04 Å². The Balaban J connectivity index is 1.23. The Hall–Kier alpha value is -3.40. The zero-order chi connectivity index (χ0) is 22.4. The highest BCUT2D eigenvalue weighted by Gasteiger charge is 2.39. The van der Waals surface area contributed by atoms with Crippen molar-refractivity contribution in [3.8, 4) is 11.1 Å². The largest absolute Gasteiger partial charge is 0.448 e. The number of rotatable bonds is 3. The minimum Gasteiger partial charge on any atom is -0.448 e. The van der Waals surface area contributed by atoms with Crippen molar-refractivity contribution in [2.45, 2.75) is 43.7 Å². The maximum absolute atomic E-state index is 14.4. The van der Waals surface area contributed by atoms with Crippen LogP contribution in [0.4, 0.5) is 9.18 Å². The quantitative estimate of drug-likeness (QED) is 0.450. The van der Waals surface area contributed by atoms with Crippen molar-refractivity contribution in [2.75, 3.05) is 6.61 Å². The molecule has 0 aromatic heterocycles. The fourth-order valence-corrected chi connectivity index (χ4v) is 5.90. The van der Waals surface area contributed by atoms with Gasteiger partial charge in [0.2, 0.25) is 0 Å². The number of piperidine rings is 1. The summed E-state index contributed by atoms with van der Waals surface area (Å²) in [5, 5.41) is 0. The summed E-state index contributed by atoms with van der Waals surface area (Å²) < 4.78 is 20.4. The van der Waals surface area contributed by atoms with E-state index in [9.17, 15) is 9.18 Å². The van der Waals surface area contributed by atoms with Gasteiger partial charge >= 0.3 is 6.09 Å². The van der Waals surface area contributed by atoms with Gasteiger partial charge in [-0.1, -0.05) is 72.8 Å². The van der Waals surface area contributed by atoms with Gasteiger partial charge in [0.25, 0.3) is 0 Å². The number of ether oxygens (including phenoxy) is 1. The first-order chi connectivity index (χ1) is 16.2. The van der Waals surface area contributed by atoms with Crippen molar-refractivity contribution >= 4 is 11.7 Å². The van der Waals surface area contributed by atoms with Crippen LogP contribution in [0, 0.1) is 5.82 Å². The smallest absolute Gasteiger partial charge is 0.410 e. The van der Waals surface area contributed by atoms with Crippen molar-refractivity contribution in [1.29, 1.82) is 0 Å². The molecule has 3 aliphatic rings. The van der Waals surface area contributed by atoms with E-state index in [1.807, 2.05) is 29.2 Å². The van der Waals surface area contributed by atoms with Crippen molar-refractivity contribution in [1.82, 2.24) is 4.90 Å². The van der Waals surface area contributed by atoms with Gasteiger partial charge in [-0.05, 0) is 59.6 Å². The molecule has 2 atom stereocenters. The van der Waals surface area contributed by atoms with E-state index in [4.69, 9.17) is 4.74 Å². The summed E-state index contributed by atoms with van der Waals surface area (Å²) in [6.45, 7) is 0.326. The summed E-state index contributed by atoms with van der Waals surface area (Å²) in [5.74, 6) is -0.146. The number of amides is 1. The van der Waals surface area contributed by atoms with E-state index >= 15 is 0 Å². The first kappa shape index (κ1) is 20.2. The number of carbonyl (C=O) groups excluding carboxylic acids is 1. The molecule has 3 aromatic carbocycles. The minimum atomic E-state index is -0.254. The molecule has 0 radical (unpaired) electrons. The zero-order valence-electron chi connectivity index (χ0n) is 18.4. The standard InChI is InChI=1S/C29H26FNO2/c30-28-15-6-5-10-22(28)19-16-20-8-7-9-21(17-19)31(20)29(32)33-18-27-25-13-3-1-11-23(25)24-12-2-4-14-26(24)27/h1-6,10-16,20-21,27H,7-9,17-18H2. The number of halogens is 1. The first-order valence-electron chi connectivity index (χ1n) is 11.8. The predicted octanol–water partition coefficient (Wildman–Crippen LogP) is 6.79. The molecule has 6 rings (SSSR count). The van der Waals surface area contributed by atoms with Crippen LogP contribution in [-0.4, -0.2) is 29.7 Å². The first-order valence-corrected chi connectivity index (χ1v) is 11.8. The lowest BCUT2D eigenvalue weighted by molar-refractivity contribution is 0.0538. The molecule has 2 heterocycles. The fourth-order valence-electron chi connectivity index (χ4n) is 5.90. The van der Waals surface area contributed by atoms with E-state index < -0.39 is 0 Å². The molecular formula is C29H26FNO2. The molecule has 33 heavy (non-hydrogen) atoms. The third-order valence-electron chi connectivity index (χ3n) is 7.40. The zero-order valence-corrected chi connectivity index (χ0v) is 18.4. The van der Waals surface area contributed by atoms with Gasteiger partial charge < -0.3 is 4.74 Å². The molecule has 2 unspecified atom stereocenters. The Morgan fingerprint density at radius 3 is 2.18 bits per heavy atom. The van der Waals surface area contributed by atoms with Crippen LogP contribution in [0.1, 0.15) is 48.3 Å². The van der Waals surface area contributed by atoms with E-state index in [0.29, 0.717) is 18.6 Å². The van der Waals surface area contributed by atoms with Crippen LogP contribution in [0.3, 0.4) is 0 Å². The summed E-state index contributed by atoms with van der Waals surface area (Å²) in [5.41, 5.74) is 6.54.